The highest BCUT2D eigenvalue weighted by molar-refractivity contribution is 14.1. The molecule has 0 amide bonds. The minimum Gasteiger partial charge on any atom is -0.377 e. The van der Waals surface area contributed by atoms with Crippen molar-refractivity contribution in [2.24, 2.45) is 0 Å². The summed E-state index contributed by atoms with van der Waals surface area (Å²) in [4.78, 5) is 3.90. The lowest BCUT2D eigenvalue weighted by Gasteiger charge is -2.09. The first kappa shape index (κ1) is 12.3. The van der Waals surface area contributed by atoms with Crippen molar-refractivity contribution in [2.45, 2.75) is 13.1 Å². The molecule has 3 nitrogen and oxygen atoms in total. The Morgan fingerprint density at radius 2 is 2.12 bits per heavy atom. The number of anilines is 1. The molecule has 2 aromatic rings. The summed E-state index contributed by atoms with van der Waals surface area (Å²) in [6, 6.07) is 7.66. The quantitative estimate of drug-likeness (QED) is 0.857. The molecule has 0 radical (unpaired) electrons. The van der Waals surface area contributed by atoms with Crippen molar-refractivity contribution in [3.63, 3.8) is 0 Å². The Hall–Kier alpha value is -1.18. The number of hydrogen-bond donors (Lipinski definition) is 1. The van der Waals surface area contributed by atoms with Crippen LogP contribution in [-0.2, 0) is 6.54 Å². The van der Waals surface area contributed by atoms with Crippen LogP contribution in [-0.4, -0.2) is 9.55 Å². The number of imidazole rings is 1. The van der Waals surface area contributed by atoms with Gasteiger partial charge in [0, 0.05) is 21.7 Å². The molecule has 0 bridgehead atoms. The van der Waals surface area contributed by atoms with Crippen LogP contribution in [0.25, 0.3) is 0 Å². The van der Waals surface area contributed by atoms with Crippen LogP contribution in [0.15, 0.2) is 36.7 Å². The summed E-state index contributed by atoms with van der Waals surface area (Å²) < 4.78 is 27.0. The maximum absolute atomic E-state index is 12.6. The molecule has 0 aliphatic heterocycles. The fourth-order valence-electron chi connectivity index (χ4n) is 1.44. The maximum Gasteiger partial charge on any atom is 0.319 e. The van der Waals surface area contributed by atoms with E-state index in [-0.39, 0.29) is 6.54 Å². The fourth-order valence-corrected chi connectivity index (χ4v) is 2.02. The number of nitrogens with zero attached hydrogens (tertiary/aromatic N) is 2. The number of para-hydroxylation sites is 1. The van der Waals surface area contributed by atoms with E-state index in [1.807, 2.05) is 24.3 Å². The van der Waals surface area contributed by atoms with Gasteiger partial charge in [0.05, 0.1) is 6.54 Å². The van der Waals surface area contributed by atoms with E-state index in [0.29, 0.717) is 5.82 Å². The van der Waals surface area contributed by atoms with Crippen molar-refractivity contribution in [1.82, 2.24) is 9.55 Å². The molecule has 0 unspecified atom stereocenters. The zero-order valence-electron chi connectivity index (χ0n) is 8.78. The van der Waals surface area contributed by atoms with E-state index in [1.54, 1.807) is 0 Å². The molecule has 1 N–H and O–H groups in total. The highest BCUT2D eigenvalue weighted by Gasteiger charge is 2.10. The van der Waals surface area contributed by atoms with Gasteiger partial charge in [0.1, 0.15) is 5.82 Å². The molecule has 0 fully saturated rings. The number of alkyl halides is 2. The van der Waals surface area contributed by atoms with Gasteiger partial charge in [-0.2, -0.15) is 8.78 Å². The van der Waals surface area contributed by atoms with E-state index in [1.165, 1.54) is 12.4 Å². The number of rotatable bonds is 4. The van der Waals surface area contributed by atoms with E-state index in [2.05, 4.69) is 32.9 Å². The first-order valence-corrected chi connectivity index (χ1v) is 6.04. The van der Waals surface area contributed by atoms with Gasteiger partial charge >= 0.3 is 6.55 Å². The lowest BCUT2D eigenvalue weighted by atomic mass is 10.3. The number of hydrogen-bond acceptors (Lipinski definition) is 2. The lowest BCUT2D eigenvalue weighted by molar-refractivity contribution is 0.0673. The molecule has 0 aliphatic rings. The second-order valence-electron chi connectivity index (χ2n) is 3.36. The highest BCUT2D eigenvalue weighted by atomic mass is 127. The van der Waals surface area contributed by atoms with Gasteiger partial charge in [-0.05, 0) is 34.7 Å². The summed E-state index contributed by atoms with van der Waals surface area (Å²) in [5, 5.41) is 3.09. The van der Waals surface area contributed by atoms with E-state index < -0.39 is 6.55 Å². The smallest absolute Gasteiger partial charge is 0.319 e. The molecule has 0 spiro atoms. The van der Waals surface area contributed by atoms with Gasteiger partial charge in [-0.15, -0.1) is 0 Å². The third-order valence-electron chi connectivity index (χ3n) is 2.27. The summed E-state index contributed by atoms with van der Waals surface area (Å²) in [7, 11) is 0. The van der Waals surface area contributed by atoms with E-state index in [4.69, 9.17) is 0 Å². The average molecular weight is 349 g/mol. The van der Waals surface area contributed by atoms with Crippen LogP contribution in [0, 0.1) is 3.57 Å². The molecule has 90 valence electrons. The lowest BCUT2D eigenvalue weighted by Crippen LogP contribution is -2.09. The maximum atomic E-state index is 12.6. The second kappa shape index (κ2) is 5.44. The minimum atomic E-state index is -2.55. The topological polar surface area (TPSA) is 29.9 Å². The Morgan fingerprint density at radius 3 is 2.82 bits per heavy atom. The summed E-state index contributed by atoms with van der Waals surface area (Å²) in [5.41, 5.74) is 0.914. The molecule has 1 aromatic carbocycles. The van der Waals surface area contributed by atoms with Gasteiger partial charge in [0.25, 0.3) is 0 Å². The summed E-state index contributed by atoms with van der Waals surface area (Å²) >= 11 is 2.19. The number of aromatic nitrogens is 2. The van der Waals surface area contributed by atoms with E-state index >= 15 is 0 Å². The van der Waals surface area contributed by atoms with Gasteiger partial charge in [0.2, 0.25) is 0 Å². The van der Waals surface area contributed by atoms with Crippen molar-refractivity contribution in [2.75, 3.05) is 5.32 Å². The number of nitrogens with one attached hydrogen (secondary N) is 1. The van der Waals surface area contributed by atoms with Gasteiger partial charge in [0.15, 0.2) is 0 Å². The summed E-state index contributed by atoms with van der Waals surface area (Å²) in [6.45, 7) is -2.28. The minimum absolute atomic E-state index is 0.275. The van der Waals surface area contributed by atoms with Crippen LogP contribution in [0.1, 0.15) is 12.4 Å². The van der Waals surface area contributed by atoms with Crippen LogP contribution in [0.4, 0.5) is 14.5 Å². The van der Waals surface area contributed by atoms with Crippen molar-refractivity contribution in [1.29, 1.82) is 0 Å². The van der Waals surface area contributed by atoms with Crippen LogP contribution in [0.2, 0.25) is 0 Å². The first-order valence-electron chi connectivity index (χ1n) is 4.97. The van der Waals surface area contributed by atoms with E-state index in [0.717, 1.165) is 13.8 Å². The molecule has 6 heteroatoms. The Morgan fingerprint density at radius 1 is 1.35 bits per heavy atom. The summed E-state index contributed by atoms with van der Waals surface area (Å²) in [5.74, 6) is 0.319. The Labute approximate surface area is 111 Å². The molecular weight excluding hydrogens is 339 g/mol. The van der Waals surface area contributed by atoms with Crippen LogP contribution >= 0.6 is 22.6 Å². The second-order valence-corrected chi connectivity index (χ2v) is 4.52. The molecule has 1 aromatic heterocycles. The predicted octanol–water partition coefficient (Wildman–Crippen LogP) is 3.49. The summed E-state index contributed by atoms with van der Waals surface area (Å²) in [6.07, 6.45) is 2.65. The van der Waals surface area contributed by atoms with Crippen molar-refractivity contribution < 1.29 is 8.78 Å². The van der Waals surface area contributed by atoms with Crippen LogP contribution < -0.4 is 5.32 Å². The van der Waals surface area contributed by atoms with Crippen LogP contribution in [0.3, 0.4) is 0 Å². The zero-order valence-corrected chi connectivity index (χ0v) is 10.9. The fraction of sp³-hybridized carbons (Fsp3) is 0.182. The van der Waals surface area contributed by atoms with Crippen LogP contribution in [0.5, 0.6) is 0 Å². The van der Waals surface area contributed by atoms with Gasteiger partial charge in [-0.1, -0.05) is 12.1 Å². The largest absolute Gasteiger partial charge is 0.377 e. The average Bonchev–Trinajstić information content (AvgIpc) is 2.76. The molecule has 1 heterocycles. The van der Waals surface area contributed by atoms with Crippen molar-refractivity contribution >= 4 is 28.3 Å². The first-order chi connectivity index (χ1) is 8.18. The van der Waals surface area contributed by atoms with Gasteiger partial charge in [-0.3, -0.25) is 4.57 Å². The van der Waals surface area contributed by atoms with Crippen molar-refractivity contribution in [3.8, 4) is 0 Å². The third kappa shape index (κ3) is 2.93. The Kier molecular flexibility index (Phi) is 3.93. The molecule has 0 saturated carbocycles. The van der Waals surface area contributed by atoms with Gasteiger partial charge < -0.3 is 5.32 Å². The monoisotopic (exact) mass is 349 g/mol. The van der Waals surface area contributed by atoms with Gasteiger partial charge in [-0.25, -0.2) is 4.98 Å². The molecular formula is C11H10F2IN3. The predicted molar refractivity (Wildman–Crippen MR) is 70.0 cm³/mol. The SMILES string of the molecule is FC(F)n1ccnc1CNc1ccccc1I. The Bertz CT molecular complexity index is 499. The molecule has 0 aliphatic carbocycles. The third-order valence-corrected chi connectivity index (χ3v) is 3.21. The zero-order chi connectivity index (χ0) is 12.3. The standard InChI is InChI=1S/C11H10F2IN3/c12-11(13)17-6-5-15-10(17)7-16-9-4-2-1-3-8(9)14/h1-6,11,16H,7H2. The normalized spacial score (nSPS) is 10.8. The molecule has 17 heavy (non-hydrogen) atoms. The molecule has 0 saturated heterocycles. The van der Waals surface area contributed by atoms with Crippen molar-refractivity contribution in [3.05, 3.63) is 46.1 Å². The number of benzene rings is 1. The molecule has 2 rings (SSSR count). The highest BCUT2D eigenvalue weighted by Crippen LogP contribution is 2.18. The molecule has 0 atom stereocenters. The van der Waals surface area contributed by atoms with E-state index in [9.17, 15) is 8.78 Å². The Balaban J connectivity index is 2.08. The number of halogens is 3.